The van der Waals surface area contributed by atoms with Gasteiger partial charge in [0.15, 0.2) is 5.78 Å². The molecule has 0 saturated heterocycles. The largest absolute Gasteiger partial charge is 0.393 e. The Balaban J connectivity index is 3.85. The summed E-state index contributed by atoms with van der Waals surface area (Å²) >= 11 is 0. The Morgan fingerprint density at radius 2 is 1.54 bits per heavy atom. The van der Waals surface area contributed by atoms with Crippen LogP contribution in [-0.2, 0) is 23.9 Å². The summed E-state index contributed by atoms with van der Waals surface area (Å²) in [6.07, 6.45) is -0.827. The van der Waals surface area contributed by atoms with Crippen LogP contribution in [0.3, 0.4) is 0 Å². The fourth-order valence-corrected chi connectivity index (χ4v) is 0.698. The fraction of sp³-hybridized carbons (Fsp3) is 0.500. The molecule has 0 fully saturated rings. The molecule has 0 aliphatic heterocycles. The van der Waals surface area contributed by atoms with Crippen molar-refractivity contribution < 1.29 is 23.9 Å². The predicted octanol–water partition coefficient (Wildman–Crippen LogP) is 0.0144. The van der Waals surface area contributed by atoms with E-state index in [1.165, 1.54) is 6.92 Å². The van der Waals surface area contributed by atoms with Crippen molar-refractivity contribution >= 4 is 23.5 Å². The summed E-state index contributed by atoms with van der Waals surface area (Å²) in [4.78, 5) is 42.1. The van der Waals surface area contributed by atoms with Crippen molar-refractivity contribution in [3.05, 3.63) is 0 Å². The first-order valence-corrected chi connectivity index (χ1v) is 3.64. The number of Topliss-reactive ketones (excluding diaryl/α,β-unsaturated/α-hetero) is 2. The van der Waals surface area contributed by atoms with Gasteiger partial charge in [0.1, 0.15) is 12.2 Å². The van der Waals surface area contributed by atoms with Crippen LogP contribution < -0.4 is 0 Å². The van der Waals surface area contributed by atoms with E-state index < -0.39 is 24.1 Å². The summed E-state index contributed by atoms with van der Waals surface area (Å²) < 4.78 is 4.09. The van der Waals surface area contributed by atoms with Crippen LogP contribution >= 0.6 is 0 Å². The fourth-order valence-electron chi connectivity index (χ4n) is 0.698. The molecule has 0 heterocycles. The first-order valence-electron chi connectivity index (χ1n) is 3.64. The average molecular weight is 186 g/mol. The lowest BCUT2D eigenvalue weighted by molar-refractivity contribution is -0.158. The summed E-state index contributed by atoms with van der Waals surface area (Å²) in [5, 5.41) is 0. The van der Waals surface area contributed by atoms with Gasteiger partial charge in [-0.05, 0) is 6.92 Å². The molecule has 0 bridgehead atoms. The molecule has 0 spiro atoms. The number of rotatable bonds is 4. The molecule has 0 aliphatic carbocycles. The van der Waals surface area contributed by atoms with Gasteiger partial charge in [-0.1, -0.05) is 0 Å². The third-order valence-corrected chi connectivity index (χ3v) is 1.05. The van der Waals surface area contributed by atoms with E-state index in [1.54, 1.807) is 0 Å². The summed E-state index contributed by atoms with van der Waals surface area (Å²) in [6, 6.07) is 0. The van der Waals surface area contributed by atoms with Crippen LogP contribution in [0.1, 0.15) is 26.7 Å². The Bertz CT molecular complexity index is 227. The van der Waals surface area contributed by atoms with E-state index in [0.717, 1.165) is 6.92 Å². The average Bonchev–Trinajstić information content (AvgIpc) is 1.80. The van der Waals surface area contributed by atoms with Crippen LogP contribution in [0.5, 0.6) is 0 Å². The van der Waals surface area contributed by atoms with E-state index in [0.29, 0.717) is 0 Å². The summed E-state index contributed by atoms with van der Waals surface area (Å²) in [5.74, 6) is -2.54. The number of hydrogen-bond acceptors (Lipinski definition) is 5. The minimum Gasteiger partial charge on any atom is -0.393 e. The highest BCUT2D eigenvalue weighted by atomic mass is 16.6. The quantitative estimate of drug-likeness (QED) is 0.456. The van der Waals surface area contributed by atoms with Gasteiger partial charge in [0.05, 0.1) is 6.42 Å². The van der Waals surface area contributed by atoms with E-state index in [1.807, 2.05) is 0 Å². The number of esters is 2. The van der Waals surface area contributed by atoms with Crippen LogP contribution in [0.4, 0.5) is 0 Å². The second-order valence-electron chi connectivity index (χ2n) is 2.56. The molecule has 13 heavy (non-hydrogen) atoms. The maximum absolute atomic E-state index is 10.8. The number of carbonyl (C=O) groups is 4. The van der Waals surface area contributed by atoms with Gasteiger partial charge < -0.3 is 4.74 Å². The molecule has 5 nitrogen and oxygen atoms in total. The van der Waals surface area contributed by atoms with Gasteiger partial charge in [-0.2, -0.15) is 0 Å². The molecule has 0 aromatic carbocycles. The molecule has 0 radical (unpaired) electrons. The maximum Gasteiger partial charge on any atom is 0.320 e. The molecule has 0 N–H and O–H groups in total. The minimum atomic E-state index is -0.918. The number of carbonyl (C=O) groups excluding carboxylic acids is 4. The van der Waals surface area contributed by atoms with Gasteiger partial charge in [0.2, 0.25) is 0 Å². The van der Waals surface area contributed by atoms with Crippen LogP contribution in [0.15, 0.2) is 0 Å². The van der Waals surface area contributed by atoms with Gasteiger partial charge in [0.25, 0.3) is 0 Å². The Kier molecular flexibility index (Phi) is 4.58. The highest BCUT2D eigenvalue weighted by Gasteiger charge is 2.13. The third-order valence-electron chi connectivity index (χ3n) is 1.05. The molecule has 0 saturated carbocycles. The van der Waals surface area contributed by atoms with E-state index in [4.69, 9.17) is 0 Å². The van der Waals surface area contributed by atoms with Gasteiger partial charge in [-0.15, -0.1) is 0 Å². The van der Waals surface area contributed by atoms with E-state index in [9.17, 15) is 19.2 Å². The number of hydrogen-bond donors (Lipinski definition) is 0. The molecule has 0 amide bonds. The summed E-state index contributed by atoms with van der Waals surface area (Å²) in [6.45, 7) is 2.31. The number of ketones is 2. The van der Waals surface area contributed by atoms with Crippen LogP contribution in [0.2, 0.25) is 0 Å². The molecule has 0 rings (SSSR count). The Morgan fingerprint density at radius 3 is 1.92 bits per heavy atom. The van der Waals surface area contributed by atoms with E-state index >= 15 is 0 Å². The first-order chi connectivity index (χ1) is 5.91. The number of ether oxygens (including phenoxy) is 1. The lowest BCUT2D eigenvalue weighted by Crippen LogP contribution is -2.15. The standard InChI is InChI=1S/C8H10O5/c1-5(9)3-7(11)4-8(12)13-6(2)10/h3-4H2,1-2H3. The molecule has 0 unspecified atom stereocenters. The first kappa shape index (κ1) is 11.5. The Hall–Kier alpha value is -1.52. The van der Waals surface area contributed by atoms with Gasteiger partial charge in [-0.3, -0.25) is 19.2 Å². The van der Waals surface area contributed by atoms with Crippen molar-refractivity contribution in [2.24, 2.45) is 0 Å². The highest BCUT2D eigenvalue weighted by molar-refractivity contribution is 6.06. The van der Waals surface area contributed by atoms with Gasteiger partial charge in [0, 0.05) is 6.92 Å². The predicted molar refractivity (Wildman–Crippen MR) is 41.7 cm³/mol. The van der Waals surface area contributed by atoms with Crippen LogP contribution in [-0.4, -0.2) is 23.5 Å². The molecule has 0 atom stereocenters. The Morgan fingerprint density at radius 1 is 1.00 bits per heavy atom. The SMILES string of the molecule is CC(=O)CC(=O)CC(=O)OC(C)=O. The van der Waals surface area contributed by atoms with Gasteiger partial charge in [-0.25, -0.2) is 0 Å². The topological polar surface area (TPSA) is 77.5 Å². The zero-order valence-electron chi connectivity index (χ0n) is 7.46. The monoisotopic (exact) mass is 186 g/mol. The Labute approximate surface area is 75.1 Å². The van der Waals surface area contributed by atoms with Crippen molar-refractivity contribution in [1.82, 2.24) is 0 Å². The second-order valence-corrected chi connectivity index (χ2v) is 2.56. The van der Waals surface area contributed by atoms with Crippen molar-refractivity contribution in [3.63, 3.8) is 0 Å². The lowest BCUT2D eigenvalue weighted by atomic mass is 10.2. The second kappa shape index (κ2) is 5.18. The highest BCUT2D eigenvalue weighted by Crippen LogP contribution is 1.94. The zero-order chi connectivity index (χ0) is 10.4. The maximum atomic E-state index is 10.8. The smallest absolute Gasteiger partial charge is 0.320 e. The van der Waals surface area contributed by atoms with Crippen LogP contribution in [0.25, 0.3) is 0 Å². The molecule has 72 valence electrons. The molecule has 0 aliphatic rings. The molecular weight excluding hydrogens is 176 g/mol. The summed E-state index contributed by atoms with van der Waals surface area (Å²) in [5.41, 5.74) is 0. The van der Waals surface area contributed by atoms with E-state index in [-0.39, 0.29) is 12.2 Å². The van der Waals surface area contributed by atoms with Crippen molar-refractivity contribution in [3.8, 4) is 0 Å². The van der Waals surface area contributed by atoms with E-state index in [2.05, 4.69) is 4.74 Å². The normalized spacial score (nSPS) is 9.08. The minimum absolute atomic E-state index is 0.299. The van der Waals surface area contributed by atoms with Crippen molar-refractivity contribution in [1.29, 1.82) is 0 Å². The molecule has 0 aromatic heterocycles. The molecule has 5 heteroatoms. The zero-order valence-corrected chi connectivity index (χ0v) is 7.46. The van der Waals surface area contributed by atoms with Crippen molar-refractivity contribution in [2.75, 3.05) is 0 Å². The van der Waals surface area contributed by atoms with Crippen molar-refractivity contribution in [2.45, 2.75) is 26.7 Å². The lowest BCUT2D eigenvalue weighted by Gasteiger charge is -1.97. The summed E-state index contributed by atoms with van der Waals surface area (Å²) in [7, 11) is 0. The molecule has 0 aromatic rings. The molecular formula is C8H10O5. The third kappa shape index (κ3) is 6.86. The van der Waals surface area contributed by atoms with Crippen LogP contribution in [0, 0.1) is 0 Å². The van der Waals surface area contributed by atoms with Gasteiger partial charge >= 0.3 is 11.9 Å².